The smallest absolute Gasteiger partial charge is 0.154 e. The molecule has 0 spiro atoms. The number of carbonyl (C=O) groups is 2. The van der Waals surface area contributed by atoms with Crippen molar-refractivity contribution in [2.24, 2.45) is 11.3 Å². The second kappa shape index (κ2) is 6.82. The SMILES string of the molecule is CCCCCCCC12CC=C(c3ccccc3)C(CC1=O)C2=O. The minimum Gasteiger partial charge on any atom is -0.299 e. The zero-order valence-electron chi connectivity index (χ0n) is 14.0. The first-order chi connectivity index (χ1) is 11.2. The van der Waals surface area contributed by atoms with Crippen LogP contribution in [0.2, 0.25) is 0 Å². The number of unbranched alkanes of at least 4 members (excludes halogenated alkanes) is 4. The van der Waals surface area contributed by atoms with Crippen molar-refractivity contribution in [3.05, 3.63) is 42.0 Å². The Hall–Kier alpha value is -1.70. The standard InChI is InChI=1S/C21H26O2/c1-2-3-4-5-9-13-21-14-12-17(16-10-7-6-8-11-16)18(20(21)23)15-19(21)22/h6-8,10-12,18H,2-5,9,13-15H2,1H3. The number of ketones is 2. The third-order valence-corrected chi connectivity index (χ3v) is 5.57. The van der Waals surface area contributed by atoms with Gasteiger partial charge in [-0.05, 0) is 24.0 Å². The molecule has 1 saturated carbocycles. The van der Waals surface area contributed by atoms with Gasteiger partial charge in [0.1, 0.15) is 5.78 Å². The Morgan fingerprint density at radius 1 is 1.04 bits per heavy atom. The summed E-state index contributed by atoms with van der Waals surface area (Å²) in [5.74, 6) is 0.179. The highest BCUT2D eigenvalue weighted by atomic mass is 16.2. The van der Waals surface area contributed by atoms with E-state index in [9.17, 15) is 9.59 Å². The predicted molar refractivity (Wildman–Crippen MR) is 93.0 cm³/mol. The molecule has 1 aromatic rings. The molecule has 2 bridgehead atoms. The molecule has 0 radical (unpaired) electrons. The fourth-order valence-corrected chi connectivity index (χ4v) is 4.18. The Morgan fingerprint density at radius 2 is 1.78 bits per heavy atom. The third kappa shape index (κ3) is 2.91. The Bertz CT molecular complexity index is 614. The average molecular weight is 310 g/mol. The summed E-state index contributed by atoms with van der Waals surface area (Å²) in [4.78, 5) is 25.6. The third-order valence-electron chi connectivity index (χ3n) is 5.57. The number of hydrogen-bond acceptors (Lipinski definition) is 2. The topological polar surface area (TPSA) is 34.1 Å². The largest absolute Gasteiger partial charge is 0.299 e. The summed E-state index contributed by atoms with van der Waals surface area (Å²) >= 11 is 0. The number of benzene rings is 1. The molecule has 0 saturated heterocycles. The molecule has 0 aromatic heterocycles. The molecule has 3 rings (SSSR count). The first kappa shape index (κ1) is 16.2. The first-order valence-electron chi connectivity index (χ1n) is 9.02. The summed E-state index contributed by atoms with van der Waals surface area (Å²) in [6.07, 6.45) is 9.75. The van der Waals surface area contributed by atoms with Crippen molar-refractivity contribution in [3.8, 4) is 0 Å². The quantitative estimate of drug-likeness (QED) is 0.526. The fourth-order valence-electron chi connectivity index (χ4n) is 4.18. The maximum atomic E-state index is 13.0. The van der Waals surface area contributed by atoms with Crippen LogP contribution >= 0.6 is 0 Å². The van der Waals surface area contributed by atoms with Gasteiger partial charge >= 0.3 is 0 Å². The summed E-state index contributed by atoms with van der Waals surface area (Å²) in [5.41, 5.74) is 1.48. The van der Waals surface area contributed by atoms with Crippen LogP contribution in [0.25, 0.3) is 5.57 Å². The molecule has 2 heteroatoms. The lowest BCUT2D eigenvalue weighted by Crippen LogP contribution is -2.36. The zero-order valence-corrected chi connectivity index (χ0v) is 14.0. The van der Waals surface area contributed by atoms with Gasteiger partial charge in [-0.3, -0.25) is 9.59 Å². The summed E-state index contributed by atoms with van der Waals surface area (Å²) < 4.78 is 0. The molecule has 1 aromatic carbocycles. The van der Waals surface area contributed by atoms with Gasteiger partial charge in [-0.1, -0.05) is 75.4 Å². The molecule has 2 atom stereocenters. The summed E-state index contributed by atoms with van der Waals surface area (Å²) in [5, 5.41) is 0. The van der Waals surface area contributed by atoms with Crippen LogP contribution in [0, 0.1) is 11.3 Å². The van der Waals surface area contributed by atoms with E-state index in [1.807, 2.05) is 30.3 Å². The molecular weight excluding hydrogens is 284 g/mol. The summed E-state index contributed by atoms with van der Waals surface area (Å²) in [7, 11) is 0. The van der Waals surface area contributed by atoms with E-state index in [1.165, 1.54) is 19.3 Å². The lowest BCUT2D eigenvalue weighted by atomic mass is 9.71. The van der Waals surface area contributed by atoms with E-state index in [0.29, 0.717) is 12.8 Å². The molecule has 0 N–H and O–H groups in total. The molecule has 2 unspecified atom stereocenters. The average Bonchev–Trinajstić information content (AvgIpc) is 2.72. The Kier molecular flexibility index (Phi) is 4.79. The van der Waals surface area contributed by atoms with Crippen LogP contribution < -0.4 is 0 Å². The molecular formula is C21H26O2. The van der Waals surface area contributed by atoms with E-state index in [4.69, 9.17) is 0 Å². The molecule has 1 fully saturated rings. The fraction of sp³-hybridized carbons (Fsp3) is 0.524. The summed E-state index contributed by atoms with van der Waals surface area (Å²) in [6.45, 7) is 2.20. The molecule has 0 heterocycles. The van der Waals surface area contributed by atoms with Crippen LogP contribution in [0.4, 0.5) is 0 Å². The van der Waals surface area contributed by atoms with Gasteiger partial charge in [-0.25, -0.2) is 0 Å². The zero-order chi connectivity index (χ0) is 16.3. The van der Waals surface area contributed by atoms with Gasteiger partial charge in [-0.15, -0.1) is 0 Å². The summed E-state index contributed by atoms with van der Waals surface area (Å²) in [6, 6.07) is 10.1. The number of rotatable bonds is 7. The molecule has 2 aliphatic carbocycles. The maximum Gasteiger partial charge on any atom is 0.154 e. The van der Waals surface area contributed by atoms with Gasteiger partial charge in [0.15, 0.2) is 5.78 Å². The van der Waals surface area contributed by atoms with Crippen molar-refractivity contribution in [2.75, 3.05) is 0 Å². The molecule has 2 aliphatic rings. The lowest BCUT2D eigenvalue weighted by Gasteiger charge is -2.29. The van der Waals surface area contributed by atoms with Crippen molar-refractivity contribution >= 4 is 17.1 Å². The monoisotopic (exact) mass is 310 g/mol. The van der Waals surface area contributed by atoms with Gasteiger partial charge < -0.3 is 0 Å². The normalized spacial score (nSPS) is 26.5. The van der Waals surface area contributed by atoms with Crippen LogP contribution in [-0.4, -0.2) is 11.6 Å². The number of allylic oxidation sites excluding steroid dienone is 2. The van der Waals surface area contributed by atoms with Crippen LogP contribution in [0.15, 0.2) is 36.4 Å². The van der Waals surface area contributed by atoms with E-state index < -0.39 is 5.41 Å². The molecule has 2 nitrogen and oxygen atoms in total. The van der Waals surface area contributed by atoms with Crippen LogP contribution in [0.3, 0.4) is 0 Å². The number of hydrogen-bond donors (Lipinski definition) is 0. The number of carbonyl (C=O) groups excluding carboxylic acids is 2. The predicted octanol–water partition coefficient (Wildman–Crippen LogP) is 4.98. The lowest BCUT2D eigenvalue weighted by molar-refractivity contribution is -0.136. The Balaban J connectivity index is 1.75. The van der Waals surface area contributed by atoms with Crippen molar-refractivity contribution in [3.63, 3.8) is 0 Å². The van der Waals surface area contributed by atoms with Gasteiger partial charge in [0.2, 0.25) is 0 Å². The molecule has 0 amide bonds. The van der Waals surface area contributed by atoms with Crippen molar-refractivity contribution < 1.29 is 9.59 Å². The number of fused-ring (bicyclic) bond motifs is 2. The molecule has 0 aliphatic heterocycles. The van der Waals surface area contributed by atoms with Crippen LogP contribution in [-0.2, 0) is 9.59 Å². The van der Waals surface area contributed by atoms with Crippen molar-refractivity contribution in [1.82, 2.24) is 0 Å². The molecule has 23 heavy (non-hydrogen) atoms. The van der Waals surface area contributed by atoms with E-state index in [2.05, 4.69) is 13.0 Å². The Morgan fingerprint density at radius 3 is 2.52 bits per heavy atom. The second-order valence-electron chi connectivity index (χ2n) is 7.02. The highest BCUT2D eigenvalue weighted by molar-refractivity contribution is 6.19. The maximum absolute atomic E-state index is 13.0. The first-order valence-corrected chi connectivity index (χ1v) is 9.02. The van der Waals surface area contributed by atoms with Crippen molar-refractivity contribution in [2.45, 2.75) is 58.3 Å². The van der Waals surface area contributed by atoms with E-state index in [-0.39, 0.29) is 17.5 Å². The van der Waals surface area contributed by atoms with E-state index in [0.717, 1.165) is 30.4 Å². The Labute approximate surface area is 139 Å². The molecule has 122 valence electrons. The second-order valence-corrected chi connectivity index (χ2v) is 7.02. The minimum absolute atomic E-state index is 0.185. The van der Waals surface area contributed by atoms with Gasteiger partial charge in [0.25, 0.3) is 0 Å². The van der Waals surface area contributed by atoms with Gasteiger partial charge in [0, 0.05) is 6.42 Å². The van der Waals surface area contributed by atoms with E-state index in [1.54, 1.807) is 0 Å². The number of Topliss-reactive ketones (excluding diaryl/α,β-unsaturated/α-hetero) is 2. The van der Waals surface area contributed by atoms with Crippen LogP contribution in [0.5, 0.6) is 0 Å². The van der Waals surface area contributed by atoms with Gasteiger partial charge in [-0.2, -0.15) is 0 Å². The van der Waals surface area contributed by atoms with Crippen LogP contribution in [0.1, 0.15) is 63.9 Å². The van der Waals surface area contributed by atoms with E-state index >= 15 is 0 Å². The van der Waals surface area contributed by atoms with Gasteiger partial charge in [0.05, 0.1) is 11.3 Å². The van der Waals surface area contributed by atoms with Crippen molar-refractivity contribution in [1.29, 1.82) is 0 Å². The minimum atomic E-state index is -0.685. The highest BCUT2D eigenvalue weighted by Crippen LogP contribution is 2.51. The highest BCUT2D eigenvalue weighted by Gasteiger charge is 2.56.